The van der Waals surface area contributed by atoms with Crippen LogP contribution in [0.15, 0.2) is 0 Å². The van der Waals surface area contributed by atoms with Crippen LogP contribution in [0, 0.1) is 5.92 Å². The van der Waals surface area contributed by atoms with Crippen LogP contribution >= 0.6 is 0 Å². The molecule has 0 radical (unpaired) electrons. The lowest BCUT2D eigenvalue weighted by atomic mass is 10.1. The maximum absolute atomic E-state index is 5.31. The molecule has 0 unspecified atom stereocenters. The summed E-state index contributed by atoms with van der Waals surface area (Å²) >= 11 is 0. The Labute approximate surface area is 64.2 Å². The fraction of sp³-hybridized carbons (Fsp3) is 1.00. The van der Waals surface area contributed by atoms with Gasteiger partial charge < -0.3 is 11.1 Å². The molecule has 0 aliphatic heterocycles. The number of nitrogens with one attached hydrogen (secondary N) is 1. The molecule has 0 saturated heterocycles. The maximum Gasteiger partial charge on any atom is 0.00745 e. The number of nitrogens with two attached hydrogens (primary N) is 1. The van der Waals surface area contributed by atoms with Crippen LogP contribution in [0.5, 0.6) is 0 Å². The molecule has 3 N–H and O–H groups in total. The second-order valence-corrected chi connectivity index (χ2v) is 3.07. The van der Waals surface area contributed by atoms with Crippen molar-refractivity contribution in [2.75, 3.05) is 19.6 Å². The average Bonchev–Trinajstić information content (AvgIpc) is 1.87. The molecule has 0 aromatic heterocycles. The van der Waals surface area contributed by atoms with E-state index in [9.17, 15) is 0 Å². The molecule has 0 fully saturated rings. The SMILES string of the molecule is CC(C)CCCNCCN. The summed E-state index contributed by atoms with van der Waals surface area (Å²) in [6, 6.07) is 0. The zero-order valence-electron chi connectivity index (χ0n) is 7.19. The van der Waals surface area contributed by atoms with Crippen molar-refractivity contribution < 1.29 is 0 Å². The number of hydrogen-bond acceptors (Lipinski definition) is 2. The van der Waals surface area contributed by atoms with Gasteiger partial charge in [0, 0.05) is 13.1 Å². The Balaban J connectivity index is 2.77. The van der Waals surface area contributed by atoms with Crippen LogP contribution in [0.4, 0.5) is 0 Å². The second-order valence-electron chi connectivity index (χ2n) is 3.07. The highest BCUT2D eigenvalue weighted by atomic mass is 14.9. The lowest BCUT2D eigenvalue weighted by molar-refractivity contribution is 0.530. The Hall–Kier alpha value is -0.0800. The molecule has 0 amide bonds. The molecule has 0 rings (SSSR count). The Morgan fingerprint density at radius 1 is 1.30 bits per heavy atom. The highest BCUT2D eigenvalue weighted by molar-refractivity contribution is 4.50. The van der Waals surface area contributed by atoms with Gasteiger partial charge in [0.1, 0.15) is 0 Å². The number of hydrogen-bond donors (Lipinski definition) is 2. The van der Waals surface area contributed by atoms with Crippen molar-refractivity contribution in [1.29, 1.82) is 0 Å². The zero-order valence-corrected chi connectivity index (χ0v) is 7.19. The molecule has 0 aliphatic carbocycles. The summed E-state index contributed by atoms with van der Waals surface area (Å²) in [5.41, 5.74) is 5.31. The van der Waals surface area contributed by atoms with Crippen LogP contribution < -0.4 is 11.1 Å². The molecule has 0 aliphatic rings. The van der Waals surface area contributed by atoms with E-state index in [4.69, 9.17) is 5.73 Å². The minimum absolute atomic E-state index is 0.752. The largest absolute Gasteiger partial charge is 0.329 e. The lowest BCUT2D eigenvalue weighted by Crippen LogP contribution is -2.23. The monoisotopic (exact) mass is 144 g/mol. The smallest absolute Gasteiger partial charge is 0.00745 e. The summed E-state index contributed by atoms with van der Waals surface area (Å²) in [4.78, 5) is 0. The van der Waals surface area contributed by atoms with Gasteiger partial charge in [0.25, 0.3) is 0 Å². The van der Waals surface area contributed by atoms with Crippen molar-refractivity contribution in [2.24, 2.45) is 11.7 Å². The van der Waals surface area contributed by atoms with E-state index in [1.807, 2.05) is 0 Å². The van der Waals surface area contributed by atoms with E-state index in [2.05, 4.69) is 19.2 Å². The van der Waals surface area contributed by atoms with E-state index in [0.29, 0.717) is 0 Å². The third-order valence-electron chi connectivity index (χ3n) is 1.46. The van der Waals surface area contributed by atoms with E-state index in [-0.39, 0.29) is 0 Å². The first-order valence-corrected chi connectivity index (χ1v) is 4.18. The number of rotatable bonds is 6. The fourth-order valence-corrected chi connectivity index (χ4v) is 0.862. The minimum Gasteiger partial charge on any atom is -0.329 e. The van der Waals surface area contributed by atoms with Crippen LogP contribution in [0.3, 0.4) is 0 Å². The molecule has 2 heteroatoms. The van der Waals surface area contributed by atoms with Gasteiger partial charge in [-0.2, -0.15) is 0 Å². The van der Waals surface area contributed by atoms with Gasteiger partial charge in [-0.15, -0.1) is 0 Å². The molecule has 0 atom stereocenters. The molecular weight excluding hydrogens is 124 g/mol. The van der Waals surface area contributed by atoms with Gasteiger partial charge in [0.15, 0.2) is 0 Å². The first kappa shape index (κ1) is 9.92. The fourth-order valence-electron chi connectivity index (χ4n) is 0.862. The van der Waals surface area contributed by atoms with E-state index in [1.165, 1.54) is 12.8 Å². The van der Waals surface area contributed by atoms with Gasteiger partial charge in [-0.25, -0.2) is 0 Å². The van der Waals surface area contributed by atoms with Crippen molar-refractivity contribution >= 4 is 0 Å². The molecule has 10 heavy (non-hydrogen) atoms. The molecule has 0 aromatic carbocycles. The summed E-state index contributed by atoms with van der Waals surface area (Å²) in [7, 11) is 0. The van der Waals surface area contributed by atoms with Crippen LogP contribution in [0.2, 0.25) is 0 Å². The van der Waals surface area contributed by atoms with E-state index < -0.39 is 0 Å². The minimum atomic E-state index is 0.752. The Morgan fingerprint density at radius 2 is 2.00 bits per heavy atom. The topological polar surface area (TPSA) is 38.0 Å². The average molecular weight is 144 g/mol. The standard InChI is InChI=1S/C8H20N2/c1-8(2)4-3-6-10-7-5-9/h8,10H,3-7,9H2,1-2H3. The third-order valence-corrected chi connectivity index (χ3v) is 1.46. The highest BCUT2D eigenvalue weighted by Gasteiger charge is 1.91. The van der Waals surface area contributed by atoms with Crippen molar-refractivity contribution in [1.82, 2.24) is 5.32 Å². The maximum atomic E-state index is 5.31. The molecule has 62 valence electrons. The van der Waals surface area contributed by atoms with E-state index in [1.54, 1.807) is 0 Å². The van der Waals surface area contributed by atoms with Crippen LogP contribution in [-0.4, -0.2) is 19.6 Å². The molecule has 0 aromatic rings. The van der Waals surface area contributed by atoms with Gasteiger partial charge in [0.05, 0.1) is 0 Å². The predicted octanol–water partition coefficient (Wildman–Crippen LogP) is 0.971. The Kier molecular flexibility index (Phi) is 6.98. The summed E-state index contributed by atoms with van der Waals surface area (Å²) < 4.78 is 0. The third kappa shape index (κ3) is 7.92. The van der Waals surface area contributed by atoms with Gasteiger partial charge in [0.2, 0.25) is 0 Å². The highest BCUT2D eigenvalue weighted by Crippen LogP contribution is 2.01. The summed E-state index contributed by atoms with van der Waals surface area (Å²) in [5.74, 6) is 0.833. The quantitative estimate of drug-likeness (QED) is 0.545. The Morgan fingerprint density at radius 3 is 2.50 bits per heavy atom. The second kappa shape index (κ2) is 7.03. The summed E-state index contributed by atoms with van der Waals surface area (Å²) in [5, 5.41) is 3.27. The van der Waals surface area contributed by atoms with Crippen molar-refractivity contribution in [3.8, 4) is 0 Å². The van der Waals surface area contributed by atoms with Gasteiger partial charge in [-0.1, -0.05) is 13.8 Å². The van der Waals surface area contributed by atoms with Crippen molar-refractivity contribution in [2.45, 2.75) is 26.7 Å². The molecule has 0 bridgehead atoms. The van der Waals surface area contributed by atoms with Gasteiger partial charge in [-0.05, 0) is 25.3 Å². The van der Waals surface area contributed by atoms with Crippen LogP contribution in [0.25, 0.3) is 0 Å². The van der Waals surface area contributed by atoms with Gasteiger partial charge in [-0.3, -0.25) is 0 Å². The lowest BCUT2D eigenvalue weighted by Gasteiger charge is -2.04. The molecule has 2 nitrogen and oxygen atoms in total. The molecule has 0 spiro atoms. The van der Waals surface area contributed by atoms with Crippen molar-refractivity contribution in [3.05, 3.63) is 0 Å². The normalized spacial score (nSPS) is 10.8. The molecular formula is C8H20N2. The Bertz CT molecular complexity index is 62.3. The van der Waals surface area contributed by atoms with Crippen LogP contribution in [0.1, 0.15) is 26.7 Å². The molecule has 0 saturated carbocycles. The first-order chi connectivity index (χ1) is 4.77. The first-order valence-electron chi connectivity index (χ1n) is 4.18. The predicted molar refractivity (Wildman–Crippen MR) is 46.0 cm³/mol. The zero-order chi connectivity index (χ0) is 7.82. The van der Waals surface area contributed by atoms with E-state index >= 15 is 0 Å². The van der Waals surface area contributed by atoms with Gasteiger partial charge >= 0.3 is 0 Å². The van der Waals surface area contributed by atoms with Crippen LogP contribution in [-0.2, 0) is 0 Å². The molecule has 0 heterocycles. The van der Waals surface area contributed by atoms with E-state index in [0.717, 1.165) is 25.6 Å². The van der Waals surface area contributed by atoms with Crippen molar-refractivity contribution in [3.63, 3.8) is 0 Å². The summed E-state index contributed by atoms with van der Waals surface area (Å²) in [6.45, 7) is 7.33. The summed E-state index contributed by atoms with van der Waals surface area (Å²) in [6.07, 6.45) is 2.59.